The molecule has 4 aliphatic carbocycles. The van der Waals surface area contributed by atoms with Crippen molar-refractivity contribution in [2.24, 2.45) is 59.2 Å². The normalized spacial score (nSPS) is 39.3. The maximum absolute atomic E-state index is 14.3. The Morgan fingerprint density at radius 2 is 1.76 bits per heavy atom. The number of carbonyl (C=O) groups excluding carboxylic acids is 2. The fourth-order valence-electron chi connectivity index (χ4n) is 11.2. The number of carbonyl (C=O) groups is 2. The number of ketones is 2. The Hall–Kier alpha value is -1.38. The number of hydrogen-bond acceptors (Lipinski definition) is 8. The van der Waals surface area contributed by atoms with Gasteiger partial charge < -0.3 is 40.1 Å². The molecule has 1 saturated heterocycles. The summed E-state index contributed by atoms with van der Waals surface area (Å²) >= 11 is 0. The highest BCUT2D eigenvalue weighted by Crippen LogP contribution is 2.47. The Labute approximate surface area is 307 Å². The highest BCUT2D eigenvalue weighted by atomic mass is 16.5. The van der Waals surface area contributed by atoms with Gasteiger partial charge in [-0.05, 0) is 125 Å². The van der Waals surface area contributed by atoms with Gasteiger partial charge in [0.25, 0.3) is 0 Å². The fraction of sp³-hybridized carbons (Fsp3) is 0.905. The zero-order valence-corrected chi connectivity index (χ0v) is 31.7. The molecule has 13 atom stereocenters. The van der Waals surface area contributed by atoms with Gasteiger partial charge in [-0.2, -0.15) is 0 Å². The van der Waals surface area contributed by atoms with Gasteiger partial charge in [0.2, 0.25) is 0 Å². The number of piperidine rings is 1. The molecule has 9 nitrogen and oxygen atoms in total. The average molecular weight is 715 g/mol. The van der Waals surface area contributed by atoms with Gasteiger partial charge in [-0.15, -0.1) is 0 Å². The fourth-order valence-corrected chi connectivity index (χ4v) is 11.2. The smallest absolute Gasteiger partial charge is 0.140 e. The van der Waals surface area contributed by atoms with E-state index in [-0.39, 0.29) is 61.2 Å². The molecule has 0 aromatic rings. The topological polar surface area (TPSA) is 156 Å². The van der Waals surface area contributed by atoms with Crippen LogP contribution < -0.4 is 15.7 Å². The molecule has 9 heteroatoms. The number of methoxy groups -OCH3 is 1. The summed E-state index contributed by atoms with van der Waals surface area (Å²) < 4.78 is 5.70. The van der Waals surface area contributed by atoms with E-state index < -0.39 is 29.7 Å². The van der Waals surface area contributed by atoms with Gasteiger partial charge >= 0.3 is 0 Å². The molecule has 0 bridgehead atoms. The molecule has 1 aliphatic heterocycles. The number of Topliss-reactive ketones (excluding diaryl/α,β-unsaturated/α-hetero) is 2. The van der Waals surface area contributed by atoms with E-state index in [1.165, 1.54) is 19.3 Å². The van der Waals surface area contributed by atoms with Gasteiger partial charge in [0.1, 0.15) is 17.7 Å². The van der Waals surface area contributed by atoms with Crippen LogP contribution in [0, 0.1) is 71.0 Å². The van der Waals surface area contributed by atoms with Gasteiger partial charge in [-0.25, -0.2) is 0 Å². The van der Waals surface area contributed by atoms with Crippen molar-refractivity contribution in [3.63, 3.8) is 0 Å². The number of quaternary nitrogens is 1. The van der Waals surface area contributed by atoms with Crippen LogP contribution in [0.25, 0.3) is 0 Å². The number of fused-ring (bicyclic) bond motifs is 2. The van der Waals surface area contributed by atoms with Crippen molar-refractivity contribution in [1.82, 2.24) is 5.32 Å². The van der Waals surface area contributed by atoms with Crippen LogP contribution in [0.5, 0.6) is 0 Å². The number of nitrogens with one attached hydrogen (secondary N) is 1. The molecule has 4 fully saturated rings. The first kappa shape index (κ1) is 40.8. The Morgan fingerprint density at radius 3 is 2.49 bits per heavy atom. The third-order valence-electron chi connectivity index (χ3n) is 14.0. The van der Waals surface area contributed by atoms with E-state index in [4.69, 9.17) is 4.74 Å². The minimum Gasteiger partial charge on any atom is -0.841 e. The largest absolute Gasteiger partial charge is 0.841 e. The molecule has 0 radical (unpaired) electrons. The average Bonchev–Trinajstić information content (AvgIpc) is 3.32. The van der Waals surface area contributed by atoms with Crippen LogP contribution >= 0.6 is 0 Å². The molecule has 290 valence electrons. The van der Waals surface area contributed by atoms with Crippen LogP contribution in [0.2, 0.25) is 0 Å². The monoisotopic (exact) mass is 715 g/mol. The lowest BCUT2D eigenvalue weighted by molar-refractivity contribution is -0.705. The van der Waals surface area contributed by atoms with E-state index in [0.29, 0.717) is 49.6 Å². The quantitative estimate of drug-likeness (QED) is 0.118. The van der Waals surface area contributed by atoms with Crippen molar-refractivity contribution in [3.05, 3.63) is 0 Å². The molecule has 5 aliphatic rings. The maximum Gasteiger partial charge on any atom is 0.140 e. The maximum atomic E-state index is 14.3. The van der Waals surface area contributed by atoms with E-state index in [2.05, 4.69) is 29.4 Å². The van der Waals surface area contributed by atoms with Crippen LogP contribution in [0.3, 0.4) is 0 Å². The molecule has 0 amide bonds. The van der Waals surface area contributed by atoms with Crippen LogP contribution in [0.4, 0.5) is 0 Å². The van der Waals surface area contributed by atoms with Gasteiger partial charge in [0.15, 0.2) is 0 Å². The number of aliphatic hydroxyl groups is 3. The van der Waals surface area contributed by atoms with E-state index in [1.807, 2.05) is 0 Å². The first-order valence-electron chi connectivity index (χ1n) is 21.0. The summed E-state index contributed by atoms with van der Waals surface area (Å²) in [4.78, 5) is 27.9. The third kappa shape index (κ3) is 10.9. The molecule has 0 spiro atoms. The first-order valence-corrected chi connectivity index (χ1v) is 21.0. The number of aliphatic hydroxyl groups excluding tert-OH is 3. The van der Waals surface area contributed by atoms with Crippen LogP contribution in [-0.4, -0.2) is 84.8 Å². The van der Waals surface area contributed by atoms with Crippen molar-refractivity contribution < 1.29 is 40.1 Å². The van der Waals surface area contributed by atoms with Crippen LogP contribution in [0.1, 0.15) is 122 Å². The molecule has 0 aromatic carbocycles. The van der Waals surface area contributed by atoms with E-state index in [1.54, 1.807) is 7.11 Å². The van der Waals surface area contributed by atoms with Gasteiger partial charge in [-0.1, -0.05) is 44.4 Å². The van der Waals surface area contributed by atoms with Gasteiger partial charge in [0, 0.05) is 57.5 Å². The first-order chi connectivity index (χ1) is 24.8. The highest BCUT2D eigenvalue weighted by Gasteiger charge is 2.45. The summed E-state index contributed by atoms with van der Waals surface area (Å²) in [5, 5.41) is 50.9. The highest BCUT2D eigenvalue weighted by molar-refractivity contribution is 6.05. The molecule has 1 heterocycles. The standard InChI is InChI=1S/C42H69N2O7/c1-3-8-32(26-46)33-21-28(19-27-15-17-44-40(22-27)43-16-7-18-45)20-30-11-13-34(29-9-5-4-6-10-29)35-25-38(48)39(51-2)24-31(35)12-14-37(47)42(50)41(49)36(30)23-33/h27-36,38-40,42-46,48H,3-10,12,14-26H2,1-2H3/q-1/p+1/t27?,28-,30-,31?,32+,33-,34+,35?,36-,38?,39?,40?,42-/m0/s1. The molecule has 3 saturated carbocycles. The van der Waals surface area contributed by atoms with E-state index >= 15 is 0 Å². The number of nitrogens with two attached hydrogens (primary N) is 1. The minimum atomic E-state index is -1.89. The predicted molar refractivity (Wildman–Crippen MR) is 195 cm³/mol. The summed E-state index contributed by atoms with van der Waals surface area (Å²) in [6, 6.07) is 0. The molecule has 51 heavy (non-hydrogen) atoms. The SMILES string of the molecule is CCC[C@H](CO)[C@H]1C[C@@H](CC2CC[NH2+]C(NCCCO)C2)C[C@@H]2C#C[C@H](C3CCCCC3)C3CC(O)C(OC)CC3CCC(=O)[C@H]([O-])C(=O)[C@H]2C1. The van der Waals surface area contributed by atoms with Crippen molar-refractivity contribution in [3.8, 4) is 11.8 Å². The lowest BCUT2D eigenvalue weighted by atomic mass is 9.63. The lowest BCUT2D eigenvalue weighted by Gasteiger charge is -2.44. The van der Waals surface area contributed by atoms with E-state index in [9.17, 15) is 30.0 Å². The van der Waals surface area contributed by atoms with Crippen molar-refractivity contribution >= 4 is 11.6 Å². The Bertz CT molecular complexity index is 1150. The van der Waals surface area contributed by atoms with E-state index in [0.717, 1.165) is 77.3 Å². The molecule has 6 unspecified atom stereocenters. The molecular weight excluding hydrogens is 644 g/mol. The number of ether oxygens (including phenoxy) is 1. The van der Waals surface area contributed by atoms with Crippen molar-refractivity contribution in [1.29, 1.82) is 0 Å². The summed E-state index contributed by atoms with van der Waals surface area (Å²) in [7, 11) is 1.64. The molecule has 5 rings (SSSR count). The number of rotatable bonds is 12. The predicted octanol–water partition coefficient (Wildman–Crippen LogP) is 2.97. The number of hydrogen-bond donors (Lipinski definition) is 5. The summed E-state index contributed by atoms with van der Waals surface area (Å²) in [6.07, 6.45) is 13.2. The van der Waals surface area contributed by atoms with Crippen LogP contribution in [-0.2, 0) is 14.3 Å². The zero-order valence-electron chi connectivity index (χ0n) is 31.7. The molecular formula is C42H70N2O7. The Balaban J connectivity index is 1.50. The summed E-state index contributed by atoms with van der Waals surface area (Å²) in [5.41, 5.74) is 0. The summed E-state index contributed by atoms with van der Waals surface area (Å²) in [5.74, 6) is 7.46. The Kier molecular flexibility index (Phi) is 16.3. The van der Waals surface area contributed by atoms with Crippen molar-refractivity contribution in [2.75, 3.05) is 33.4 Å². The summed E-state index contributed by atoms with van der Waals surface area (Å²) in [6.45, 7) is 4.24. The van der Waals surface area contributed by atoms with Gasteiger partial charge in [-0.3, -0.25) is 5.32 Å². The van der Waals surface area contributed by atoms with Crippen molar-refractivity contribution in [2.45, 2.75) is 147 Å². The lowest BCUT2D eigenvalue weighted by Crippen LogP contribution is -2.95. The van der Waals surface area contributed by atoms with Gasteiger partial charge in [0.05, 0.1) is 18.8 Å². The van der Waals surface area contributed by atoms with Crippen LogP contribution in [0.15, 0.2) is 0 Å². The second-order valence-corrected chi connectivity index (χ2v) is 17.3. The minimum absolute atomic E-state index is 0.0555. The molecule has 0 aromatic heterocycles. The second kappa shape index (κ2) is 20.3. The molecule has 6 N–H and O–H groups in total. The third-order valence-corrected chi connectivity index (χ3v) is 14.0. The second-order valence-electron chi connectivity index (χ2n) is 17.3. The Morgan fingerprint density at radius 1 is 0.961 bits per heavy atom. The zero-order chi connectivity index (χ0) is 36.3.